The fourth-order valence-corrected chi connectivity index (χ4v) is 7.94. The van der Waals surface area contributed by atoms with Gasteiger partial charge in [-0.15, -0.1) is 17.9 Å². The Hall–Kier alpha value is -5.64. The van der Waals surface area contributed by atoms with Gasteiger partial charge in [-0.2, -0.15) is 0 Å². The molecule has 0 saturated heterocycles. The number of hydrogen-bond donors (Lipinski definition) is 2. The summed E-state index contributed by atoms with van der Waals surface area (Å²) in [5.74, 6) is 0. The Labute approximate surface area is 292 Å². The summed E-state index contributed by atoms with van der Waals surface area (Å²) in [6, 6.07) is 38.1. The number of nitrogens with two attached hydrogens (primary N) is 2. The third-order valence-corrected chi connectivity index (χ3v) is 10.6. The van der Waals surface area contributed by atoms with E-state index >= 15 is 0 Å². The van der Waals surface area contributed by atoms with E-state index < -0.39 is 0 Å². The Bertz CT molecular complexity index is 2500. The first-order valence-corrected chi connectivity index (χ1v) is 17.6. The van der Waals surface area contributed by atoms with E-state index in [0.29, 0.717) is 11.4 Å². The van der Waals surface area contributed by atoms with Crippen molar-refractivity contribution in [2.45, 2.75) is 26.2 Å². The van der Waals surface area contributed by atoms with Crippen LogP contribution in [0.2, 0.25) is 0 Å². The zero-order chi connectivity index (χ0) is 33.9. The highest BCUT2D eigenvalue weighted by Crippen LogP contribution is 2.40. The second kappa shape index (κ2) is 13.8. The molecule has 1 heterocycles. The Balaban J connectivity index is 1.14. The second-order valence-electron chi connectivity index (χ2n) is 12.6. The first kappa shape index (κ1) is 31.9. The quantitative estimate of drug-likeness (QED) is 0.0877. The predicted molar refractivity (Wildman–Crippen MR) is 218 cm³/mol. The monoisotopic (exact) mass is 652 g/mol. The first-order chi connectivity index (χ1) is 24.0. The van der Waals surface area contributed by atoms with Gasteiger partial charge in [-0.25, -0.2) is 0 Å². The van der Waals surface area contributed by atoms with Gasteiger partial charge in [0, 0.05) is 20.2 Å². The first-order valence-electron chi connectivity index (χ1n) is 16.8. The molecule has 0 bridgehead atoms. The maximum absolute atomic E-state index is 6.37. The van der Waals surface area contributed by atoms with E-state index in [-0.39, 0.29) is 0 Å². The van der Waals surface area contributed by atoms with E-state index in [1.54, 1.807) is 6.08 Å². The van der Waals surface area contributed by atoms with E-state index in [9.17, 15) is 0 Å². The van der Waals surface area contributed by atoms with Gasteiger partial charge in [0.1, 0.15) is 0 Å². The van der Waals surface area contributed by atoms with E-state index in [4.69, 9.17) is 11.5 Å². The van der Waals surface area contributed by atoms with Crippen molar-refractivity contribution in [2.24, 2.45) is 11.5 Å². The number of fused-ring (bicyclic) bond motifs is 9. The van der Waals surface area contributed by atoms with Crippen LogP contribution in [-0.4, -0.2) is 0 Å². The third-order valence-electron chi connectivity index (χ3n) is 9.46. The lowest BCUT2D eigenvalue weighted by atomic mass is 9.92. The summed E-state index contributed by atoms with van der Waals surface area (Å²) < 4.78 is 2.59. The molecule has 0 spiro atoms. The summed E-state index contributed by atoms with van der Waals surface area (Å²) in [5, 5.41) is 10.4. The number of hydrogen-bond acceptors (Lipinski definition) is 3. The summed E-state index contributed by atoms with van der Waals surface area (Å²) in [6.45, 7) is 9.73. The molecule has 0 atom stereocenters. The molecule has 4 N–H and O–H groups in total. The Morgan fingerprint density at radius 1 is 0.633 bits per heavy atom. The molecule has 0 aliphatic heterocycles. The van der Waals surface area contributed by atoms with Crippen molar-refractivity contribution in [1.82, 2.24) is 0 Å². The van der Waals surface area contributed by atoms with Gasteiger partial charge in [-0.1, -0.05) is 128 Å². The molecule has 0 fully saturated rings. The Kier molecular flexibility index (Phi) is 9.02. The lowest BCUT2D eigenvalue weighted by molar-refractivity contribution is 0.948. The minimum atomic E-state index is 0.567. The van der Waals surface area contributed by atoms with Gasteiger partial charge in [0.05, 0.1) is 11.4 Å². The fraction of sp³-hybridized carbons (Fsp3) is 0.0870. The molecule has 240 valence electrons. The normalized spacial score (nSPS) is 13.2. The van der Waals surface area contributed by atoms with Gasteiger partial charge in [0.2, 0.25) is 0 Å². The van der Waals surface area contributed by atoms with Gasteiger partial charge in [-0.3, -0.25) is 0 Å². The maximum atomic E-state index is 6.37. The van der Waals surface area contributed by atoms with Gasteiger partial charge >= 0.3 is 0 Å². The summed E-state index contributed by atoms with van der Waals surface area (Å²) >= 11 is 1.86. The van der Waals surface area contributed by atoms with Gasteiger partial charge in [0.25, 0.3) is 0 Å². The van der Waals surface area contributed by atoms with E-state index in [1.807, 2.05) is 30.4 Å². The fourth-order valence-electron chi connectivity index (χ4n) is 6.75. The van der Waals surface area contributed by atoms with Crippen molar-refractivity contribution in [1.29, 1.82) is 0 Å². The molecule has 7 aromatic rings. The van der Waals surface area contributed by atoms with Crippen LogP contribution < -0.4 is 11.5 Å². The van der Waals surface area contributed by atoms with Gasteiger partial charge in [0.15, 0.2) is 0 Å². The van der Waals surface area contributed by atoms with Crippen LogP contribution in [0, 0.1) is 0 Å². The predicted octanol–water partition coefficient (Wildman–Crippen LogP) is 12.7. The van der Waals surface area contributed by atoms with E-state index in [0.717, 1.165) is 30.4 Å². The van der Waals surface area contributed by atoms with E-state index in [2.05, 4.69) is 135 Å². The molecule has 0 amide bonds. The standard InChI is InChI=1S/C46H40N2S/c1-4-6-14-30(3)45(47)46(48)32(5-2)16-9-7-8-15-31-21-24-40-41-26-23-34(29-44(41)49-43(40)27-31)33-22-25-39-37-19-11-10-17-35(37)36-18-12-13-20-38(36)42(39)28-33/h4-5,8-13,15-29H,1-2,6-7,14,47-48H2,3H3/b15-8+,16-9-,45-30-,46-32-. The van der Waals surface area contributed by atoms with Crippen LogP contribution in [0.15, 0.2) is 169 Å². The Morgan fingerprint density at radius 3 is 1.86 bits per heavy atom. The minimum absolute atomic E-state index is 0.567. The summed E-state index contributed by atoms with van der Waals surface area (Å²) in [5.41, 5.74) is 19.4. The molecule has 3 heteroatoms. The molecule has 0 unspecified atom stereocenters. The number of allylic oxidation sites excluding steroid dienone is 7. The average molecular weight is 653 g/mol. The lowest BCUT2D eigenvalue weighted by Gasteiger charge is -2.12. The molecule has 7 rings (SSSR count). The zero-order valence-corrected chi connectivity index (χ0v) is 28.7. The molecule has 1 aromatic heterocycles. The number of benzene rings is 6. The molecule has 2 nitrogen and oxygen atoms in total. The van der Waals surface area contributed by atoms with Crippen LogP contribution in [0.25, 0.3) is 69.7 Å². The van der Waals surface area contributed by atoms with Crippen molar-refractivity contribution in [3.63, 3.8) is 0 Å². The topological polar surface area (TPSA) is 52.0 Å². The number of thiophene rings is 1. The van der Waals surface area contributed by atoms with Crippen molar-refractivity contribution >= 4 is 69.9 Å². The highest BCUT2D eigenvalue weighted by Gasteiger charge is 2.11. The minimum Gasteiger partial charge on any atom is -0.397 e. The van der Waals surface area contributed by atoms with E-state index in [1.165, 1.54) is 69.2 Å². The summed E-state index contributed by atoms with van der Waals surface area (Å²) in [7, 11) is 0. The van der Waals surface area contributed by atoms with Gasteiger partial charge < -0.3 is 11.5 Å². The highest BCUT2D eigenvalue weighted by atomic mass is 32.1. The molecular weight excluding hydrogens is 613 g/mol. The molecule has 0 radical (unpaired) electrons. The Morgan fingerprint density at radius 2 is 1.20 bits per heavy atom. The average Bonchev–Trinajstić information content (AvgIpc) is 3.51. The van der Waals surface area contributed by atoms with Crippen molar-refractivity contribution < 1.29 is 0 Å². The molecule has 0 saturated carbocycles. The molecule has 49 heavy (non-hydrogen) atoms. The molecule has 0 aliphatic rings. The van der Waals surface area contributed by atoms with Crippen molar-refractivity contribution in [3.05, 3.63) is 175 Å². The van der Waals surface area contributed by atoms with Crippen molar-refractivity contribution in [2.75, 3.05) is 0 Å². The van der Waals surface area contributed by atoms with Crippen LogP contribution in [0.1, 0.15) is 31.7 Å². The third kappa shape index (κ3) is 6.22. The largest absolute Gasteiger partial charge is 0.397 e. The highest BCUT2D eigenvalue weighted by molar-refractivity contribution is 7.25. The second-order valence-corrected chi connectivity index (χ2v) is 13.6. The van der Waals surface area contributed by atoms with Crippen LogP contribution in [0.4, 0.5) is 0 Å². The lowest BCUT2D eigenvalue weighted by Crippen LogP contribution is -2.13. The van der Waals surface area contributed by atoms with Crippen LogP contribution >= 0.6 is 11.3 Å². The van der Waals surface area contributed by atoms with Gasteiger partial charge in [-0.05, 0) is 105 Å². The smallest absolute Gasteiger partial charge is 0.0620 e. The maximum Gasteiger partial charge on any atom is 0.0620 e. The van der Waals surface area contributed by atoms with Crippen LogP contribution in [-0.2, 0) is 0 Å². The molecular formula is C46H40N2S. The molecule has 6 aromatic carbocycles. The summed E-state index contributed by atoms with van der Waals surface area (Å²) in [4.78, 5) is 0. The van der Waals surface area contributed by atoms with Crippen LogP contribution in [0.5, 0.6) is 0 Å². The SMILES string of the molecule is C=CCC/C(C)=C(N)/C(N)=C(C=C)/C=C\C/C=C/c1ccc2c(c1)sc1cc(-c3ccc4c5ccccc5c5ccccc5c4c3)ccc12. The number of rotatable bonds is 10. The summed E-state index contributed by atoms with van der Waals surface area (Å²) in [6.07, 6.45) is 14.6. The van der Waals surface area contributed by atoms with Crippen LogP contribution in [0.3, 0.4) is 0 Å². The zero-order valence-electron chi connectivity index (χ0n) is 27.9. The van der Waals surface area contributed by atoms with Crippen molar-refractivity contribution in [3.8, 4) is 11.1 Å². The molecule has 0 aliphatic carbocycles.